The Bertz CT molecular complexity index is 508. The van der Waals surface area contributed by atoms with Crippen molar-refractivity contribution in [3.05, 3.63) is 60.3 Å². The number of hydrogen-bond donors (Lipinski definition) is 2. The normalized spacial score (nSPS) is 12.3. The quantitative estimate of drug-likeness (QED) is 0.829. The van der Waals surface area contributed by atoms with Gasteiger partial charge in [0.2, 0.25) is 0 Å². The zero-order valence-electron chi connectivity index (χ0n) is 9.56. The second kappa shape index (κ2) is 5.55. The van der Waals surface area contributed by atoms with E-state index in [1.807, 2.05) is 0 Å². The minimum atomic E-state index is -0.696. The lowest BCUT2D eigenvalue weighted by molar-refractivity contribution is -0.116. The van der Waals surface area contributed by atoms with Gasteiger partial charge in [0.1, 0.15) is 5.82 Å². The van der Waals surface area contributed by atoms with Gasteiger partial charge in [0.25, 0.3) is 0 Å². The molecule has 18 heavy (non-hydrogen) atoms. The van der Waals surface area contributed by atoms with Gasteiger partial charge in [-0.15, -0.1) is 0 Å². The number of H-pyrrole nitrogens is 1. The van der Waals surface area contributed by atoms with E-state index in [4.69, 9.17) is 5.73 Å². The maximum Gasteiger partial charge on any atom is 0.163 e. The van der Waals surface area contributed by atoms with Crippen LogP contribution < -0.4 is 5.73 Å². The number of hydrogen-bond acceptors (Lipinski definition) is 3. The summed E-state index contributed by atoms with van der Waals surface area (Å²) in [6.07, 6.45) is 6.17. The van der Waals surface area contributed by atoms with E-state index in [2.05, 4.69) is 16.4 Å². The third-order valence-electron chi connectivity index (χ3n) is 2.43. The highest BCUT2D eigenvalue weighted by Gasteiger charge is 2.16. The van der Waals surface area contributed by atoms with Crippen molar-refractivity contribution in [3.8, 4) is 0 Å². The van der Waals surface area contributed by atoms with E-state index in [-0.39, 0.29) is 11.6 Å². The van der Waals surface area contributed by atoms with Gasteiger partial charge in [0.05, 0.1) is 24.5 Å². The molecule has 92 valence electrons. The lowest BCUT2D eigenvalue weighted by Crippen LogP contribution is -2.33. The Labute approximate surface area is 104 Å². The first kappa shape index (κ1) is 12.4. The van der Waals surface area contributed by atoms with Gasteiger partial charge in [-0.05, 0) is 17.7 Å². The van der Waals surface area contributed by atoms with Gasteiger partial charge in [-0.3, -0.25) is 4.79 Å². The molecule has 0 spiro atoms. The van der Waals surface area contributed by atoms with Crippen molar-refractivity contribution in [2.75, 3.05) is 0 Å². The monoisotopic (exact) mass is 245 g/mol. The number of nitrogens with two attached hydrogens (primary N) is 1. The van der Waals surface area contributed by atoms with Gasteiger partial charge in [-0.25, -0.2) is 9.37 Å². The van der Waals surface area contributed by atoms with Crippen molar-refractivity contribution in [1.29, 1.82) is 0 Å². The van der Waals surface area contributed by atoms with Gasteiger partial charge in [-0.2, -0.15) is 0 Å². The highest BCUT2D eigenvalue weighted by Crippen LogP contribution is 2.08. The average Bonchev–Trinajstić information content (AvgIpc) is 2.85. The minimum Gasteiger partial charge on any atom is -0.351 e. The first-order valence-corrected chi connectivity index (χ1v) is 5.45. The predicted octanol–water partition coefficient (Wildman–Crippen LogP) is 1.12. The summed E-state index contributed by atoms with van der Waals surface area (Å²) in [6, 6.07) is 4.81. The standard InChI is InChI=1S/C13H12FN3O/c14-10-3-1-9(2-4-10)5-13(18)12(15)6-11-7-16-8-17-11/h1-4,7-8,12H,6,15H2,(H,16,17)/t12-/m0/s1. The van der Waals surface area contributed by atoms with Crippen LogP contribution in [0.1, 0.15) is 11.3 Å². The molecule has 0 aliphatic heterocycles. The SMILES string of the molecule is N[C@@H](Cc1c[nH]cn1)C(=O)[C]c1ccc(F)cc1. The van der Waals surface area contributed by atoms with Crippen LogP contribution in [0, 0.1) is 12.2 Å². The number of nitrogens with one attached hydrogen (secondary N) is 1. The summed E-state index contributed by atoms with van der Waals surface area (Å²) in [5.74, 6) is -0.682. The molecule has 2 rings (SSSR count). The third-order valence-corrected chi connectivity index (χ3v) is 2.43. The Morgan fingerprint density at radius 3 is 2.78 bits per heavy atom. The van der Waals surface area contributed by atoms with Crippen LogP contribution in [0.15, 0.2) is 36.8 Å². The number of ketones is 1. The molecule has 0 fully saturated rings. The molecule has 0 bridgehead atoms. The molecule has 1 heterocycles. The largest absolute Gasteiger partial charge is 0.351 e. The van der Waals surface area contributed by atoms with Gasteiger partial charge >= 0.3 is 0 Å². The average molecular weight is 245 g/mol. The Balaban J connectivity index is 1.93. The summed E-state index contributed by atoms with van der Waals surface area (Å²) in [4.78, 5) is 18.5. The summed E-state index contributed by atoms with van der Waals surface area (Å²) in [5, 5.41) is 0. The number of aromatic amines is 1. The number of halogens is 1. The number of imidazole rings is 1. The van der Waals surface area contributed by atoms with Gasteiger partial charge < -0.3 is 10.7 Å². The molecule has 0 saturated heterocycles. The summed E-state index contributed by atoms with van der Waals surface area (Å²) >= 11 is 0. The maximum absolute atomic E-state index is 12.7. The number of carbonyl (C=O) groups is 1. The molecular formula is C13H12FN3O. The van der Waals surface area contributed by atoms with Crippen LogP contribution in [0.2, 0.25) is 0 Å². The highest BCUT2D eigenvalue weighted by molar-refractivity contribution is 5.94. The molecule has 1 aromatic heterocycles. The fraction of sp³-hybridized carbons (Fsp3) is 0.154. The van der Waals surface area contributed by atoms with Gasteiger partial charge in [0.15, 0.2) is 5.78 Å². The van der Waals surface area contributed by atoms with Crippen molar-refractivity contribution < 1.29 is 9.18 Å². The van der Waals surface area contributed by atoms with Gasteiger partial charge in [0, 0.05) is 12.6 Å². The fourth-order valence-corrected chi connectivity index (χ4v) is 1.49. The summed E-state index contributed by atoms with van der Waals surface area (Å²) in [6.45, 7) is 0. The topological polar surface area (TPSA) is 71.8 Å². The smallest absolute Gasteiger partial charge is 0.163 e. The first-order valence-electron chi connectivity index (χ1n) is 5.45. The zero-order chi connectivity index (χ0) is 13.0. The Morgan fingerprint density at radius 2 is 2.17 bits per heavy atom. The van der Waals surface area contributed by atoms with Crippen molar-refractivity contribution >= 4 is 5.78 Å². The predicted molar refractivity (Wildman–Crippen MR) is 64.0 cm³/mol. The van der Waals surface area contributed by atoms with Crippen LogP contribution in [-0.4, -0.2) is 21.8 Å². The number of benzene rings is 1. The number of carbonyl (C=O) groups excluding carboxylic acids is 1. The number of aromatic nitrogens is 2. The summed E-state index contributed by atoms with van der Waals surface area (Å²) in [7, 11) is 0. The van der Waals surface area contributed by atoms with E-state index in [1.54, 1.807) is 6.20 Å². The van der Waals surface area contributed by atoms with Crippen LogP contribution in [0.3, 0.4) is 0 Å². The van der Waals surface area contributed by atoms with Gasteiger partial charge in [-0.1, -0.05) is 12.1 Å². The molecule has 4 nitrogen and oxygen atoms in total. The lowest BCUT2D eigenvalue weighted by Gasteiger charge is -2.08. The molecule has 5 heteroatoms. The molecule has 1 atom stereocenters. The molecular weight excluding hydrogens is 233 g/mol. The lowest BCUT2D eigenvalue weighted by atomic mass is 10.0. The highest BCUT2D eigenvalue weighted by atomic mass is 19.1. The van der Waals surface area contributed by atoms with E-state index in [9.17, 15) is 9.18 Å². The molecule has 1 aromatic carbocycles. The van der Waals surface area contributed by atoms with Crippen LogP contribution in [0.4, 0.5) is 4.39 Å². The first-order chi connectivity index (χ1) is 8.65. The molecule has 0 amide bonds. The molecule has 0 unspecified atom stereocenters. The van der Waals surface area contributed by atoms with Crippen LogP contribution in [-0.2, 0) is 11.2 Å². The summed E-state index contributed by atoms with van der Waals surface area (Å²) < 4.78 is 12.7. The Hall–Kier alpha value is -2.01. The van der Waals surface area contributed by atoms with E-state index in [0.29, 0.717) is 12.0 Å². The number of nitrogens with zero attached hydrogens (tertiary/aromatic N) is 1. The van der Waals surface area contributed by atoms with E-state index < -0.39 is 6.04 Å². The third kappa shape index (κ3) is 3.24. The molecule has 0 saturated carbocycles. The second-order valence-corrected chi connectivity index (χ2v) is 3.87. The maximum atomic E-state index is 12.7. The molecule has 2 radical (unpaired) electrons. The zero-order valence-corrected chi connectivity index (χ0v) is 9.56. The van der Waals surface area contributed by atoms with E-state index in [1.165, 1.54) is 30.6 Å². The van der Waals surface area contributed by atoms with Crippen molar-refractivity contribution in [1.82, 2.24) is 9.97 Å². The van der Waals surface area contributed by atoms with E-state index in [0.717, 1.165) is 5.69 Å². The Morgan fingerprint density at radius 1 is 1.44 bits per heavy atom. The van der Waals surface area contributed by atoms with Crippen molar-refractivity contribution in [2.45, 2.75) is 12.5 Å². The molecule has 0 aliphatic rings. The van der Waals surface area contributed by atoms with Crippen LogP contribution in [0.25, 0.3) is 0 Å². The number of rotatable bonds is 5. The molecule has 2 aromatic rings. The van der Waals surface area contributed by atoms with Crippen LogP contribution >= 0.6 is 0 Å². The minimum absolute atomic E-state index is 0.329. The molecule has 3 N–H and O–H groups in total. The van der Waals surface area contributed by atoms with Crippen molar-refractivity contribution in [2.24, 2.45) is 5.73 Å². The second-order valence-electron chi connectivity index (χ2n) is 3.87. The van der Waals surface area contributed by atoms with E-state index >= 15 is 0 Å². The van der Waals surface area contributed by atoms with Crippen LogP contribution in [0.5, 0.6) is 0 Å². The molecule has 0 aliphatic carbocycles. The van der Waals surface area contributed by atoms with Crippen molar-refractivity contribution in [3.63, 3.8) is 0 Å². The number of Topliss-reactive ketones (excluding diaryl/α,β-unsaturated/α-hetero) is 1. The Kier molecular flexibility index (Phi) is 3.84. The summed E-state index contributed by atoms with van der Waals surface area (Å²) in [5.41, 5.74) is 6.98. The fourth-order valence-electron chi connectivity index (χ4n) is 1.49.